The van der Waals surface area contributed by atoms with Gasteiger partial charge in [-0.25, -0.2) is 0 Å². The van der Waals surface area contributed by atoms with Gasteiger partial charge in [-0.15, -0.1) is 0 Å². The molecule has 0 amide bonds. The van der Waals surface area contributed by atoms with Crippen LogP contribution in [0.5, 0.6) is 11.5 Å². The number of nitrogens with zero attached hydrogens (tertiary/aromatic N) is 1. The maximum absolute atomic E-state index is 10.2. The zero-order valence-electron chi connectivity index (χ0n) is 15.5. The Hall–Kier alpha value is -1.12. The highest BCUT2D eigenvalue weighted by Crippen LogP contribution is 2.44. The zero-order valence-corrected chi connectivity index (χ0v) is 17.1. The summed E-state index contributed by atoms with van der Waals surface area (Å²) in [6.07, 6.45) is 4.25. The molecule has 0 aromatic heterocycles. The van der Waals surface area contributed by atoms with E-state index < -0.39 is 5.79 Å². The molecule has 2 N–H and O–H groups in total. The zero-order chi connectivity index (χ0) is 19.0. The lowest BCUT2D eigenvalue weighted by Crippen LogP contribution is -2.47. The highest BCUT2D eigenvalue weighted by molar-refractivity contribution is 9.10. The van der Waals surface area contributed by atoms with Gasteiger partial charge in [0.25, 0.3) is 0 Å². The van der Waals surface area contributed by atoms with Crippen LogP contribution in [0.2, 0.25) is 0 Å². The Morgan fingerprint density at radius 2 is 2.07 bits per heavy atom. The third-order valence-corrected chi connectivity index (χ3v) is 6.75. The normalized spacial score (nSPS) is 25.1. The molecule has 1 aromatic carbocycles. The van der Waals surface area contributed by atoms with Crippen LogP contribution in [0.15, 0.2) is 27.8 Å². The average molecular weight is 440 g/mol. The molecule has 0 radical (unpaired) electrons. The highest BCUT2D eigenvalue weighted by Gasteiger charge is 2.43. The first-order valence-electron chi connectivity index (χ1n) is 9.44. The van der Waals surface area contributed by atoms with Crippen LogP contribution in [0.25, 0.3) is 0 Å². The number of benzene rings is 1. The van der Waals surface area contributed by atoms with Crippen molar-refractivity contribution in [2.45, 2.75) is 43.9 Å². The molecule has 1 atom stereocenters. The number of methoxy groups -OCH3 is 1. The molecule has 0 saturated carbocycles. The fourth-order valence-electron chi connectivity index (χ4n) is 4.61. The first kappa shape index (κ1) is 19.2. The lowest BCUT2D eigenvalue weighted by Gasteiger charge is -2.44. The van der Waals surface area contributed by atoms with E-state index in [9.17, 15) is 10.2 Å². The van der Waals surface area contributed by atoms with Gasteiger partial charge >= 0.3 is 0 Å². The molecule has 6 nitrogen and oxygen atoms in total. The first-order valence-corrected chi connectivity index (χ1v) is 10.2. The predicted molar refractivity (Wildman–Crippen MR) is 104 cm³/mol. The van der Waals surface area contributed by atoms with E-state index >= 15 is 0 Å². The SMILES string of the molecule is COc1cc(Br)c(CC2C3=C(CCN2CO)CC2(CC3)OCCO2)cc1O. The second-order valence-electron chi connectivity index (χ2n) is 7.45. The van der Waals surface area contributed by atoms with Gasteiger partial charge in [0.2, 0.25) is 0 Å². The van der Waals surface area contributed by atoms with Gasteiger partial charge < -0.3 is 24.4 Å². The Kier molecular flexibility index (Phi) is 5.49. The number of hydrogen-bond acceptors (Lipinski definition) is 6. The van der Waals surface area contributed by atoms with Gasteiger partial charge in [-0.1, -0.05) is 27.1 Å². The van der Waals surface area contributed by atoms with Crippen molar-refractivity contribution in [3.05, 3.63) is 33.3 Å². The van der Waals surface area contributed by atoms with Gasteiger partial charge in [-0.2, -0.15) is 0 Å². The molecule has 27 heavy (non-hydrogen) atoms. The van der Waals surface area contributed by atoms with Crippen LogP contribution in [0.4, 0.5) is 0 Å². The Morgan fingerprint density at radius 1 is 1.30 bits per heavy atom. The number of phenols is 1. The lowest BCUT2D eigenvalue weighted by atomic mass is 9.78. The summed E-state index contributed by atoms with van der Waals surface area (Å²) in [4.78, 5) is 2.11. The molecular formula is C20H26BrNO5. The van der Waals surface area contributed by atoms with Gasteiger partial charge in [0, 0.05) is 29.9 Å². The number of aromatic hydroxyl groups is 1. The molecule has 2 heterocycles. The molecule has 1 unspecified atom stereocenters. The van der Waals surface area contributed by atoms with Gasteiger partial charge in [-0.3, -0.25) is 4.90 Å². The van der Waals surface area contributed by atoms with Gasteiger partial charge in [0.05, 0.1) is 27.1 Å². The fourth-order valence-corrected chi connectivity index (χ4v) is 5.10. The smallest absolute Gasteiger partial charge is 0.172 e. The van der Waals surface area contributed by atoms with Crippen molar-refractivity contribution in [1.29, 1.82) is 0 Å². The van der Waals surface area contributed by atoms with E-state index in [1.54, 1.807) is 12.1 Å². The third-order valence-electron chi connectivity index (χ3n) is 6.01. The molecule has 1 aromatic rings. The topological polar surface area (TPSA) is 71.4 Å². The Balaban J connectivity index is 1.62. The minimum Gasteiger partial charge on any atom is -0.504 e. The third kappa shape index (κ3) is 3.63. The van der Waals surface area contributed by atoms with E-state index in [-0.39, 0.29) is 18.5 Å². The van der Waals surface area contributed by atoms with Crippen molar-refractivity contribution in [1.82, 2.24) is 4.90 Å². The number of ether oxygens (including phenoxy) is 3. The average Bonchev–Trinajstić information content (AvgIpc) is 3.12. The largest absolute Gasteiger partial charge is 0.504 e. The van der Waals surface area contributed by atoms with Crippen molar-refractivity contribution in [3.8, 4) is 11.5 Å². The van der Waals surface area contributed by atoms with E-state index in [0.29, 0.717) is 25.4 Å². The van der Waals surface area contributed by atoms with Gasteiger partial charge in [0.15, 0.2) is 17.3 Å². The summed E-state index contributed by atoms with van der Waals surface area (Å²) in [5, 5.41) is 20.1. The summed E-state index contributed by atoms with van der Waals surface area (Å²) < 4.78 is 17.9. The predicted octanol–water partition coefficient (Wildman–Crippen LogP) is 2.95. The summed E-state index contributed by atoms with van der Waals surface area (Å²) >= 11 is 3.60. The molecule has 0 bridgehead atoms. The van der Waals surface area contributed by atoms with Crippen molar-refractivity contribution in [3.63, 3.8) is 0 Å². The van der Waals surface area contributed by atoms with Crippen LogP contribution in [-0.4, -0.2) is 60.5 Å². The van der Waals surface area contributed by atoms with Crippen LogP contribution in [0, 0.1) is 0 Å². The Bertz CT molecular complexity index is 744. The molecule has 7 heteroatoms. The molecule has 4 rings (SSSR count). The van der Waals surface area contributed by atoms with E-state index in [1.807, 2.05) is 0 Å². The number of aliphatic hydroxyl groups is 1. The van der Waals surface area contributed by atoms with Crippen LogP contribution in [0.1, 0.15) is 31.2 Å². The standard InChI is InChI=1S/C20H26BrNO5/c1-25-19-10-16(21)14(9-18(19)24)8-17-15-2-4-20(26-6-7-27-20)11-13(15)3-5-22(17)12-23/h9-10,17,23-24H,2-8,11-12H2,1H3. The van der Waals surface area contributed by atoms with Crippen molar-refractivity contribution >= 4 is 15.9 Å². The number of aliphatic hydroxyl groups excluding tert-OH is 1. The quantitative estimate of drug-likeness (QED) is 0.702. The van der Waals surface area contributed by atoms with Crippen LogP contribution >= 0.6 is 15.9 Å². The maximum atomic E-state index is 10.2. The van der Waals surface area contributed by atoms with Crippen molar-refractivity contribution < 1.29 is 24.4 Å². The van der Waals surface area contributed by atoms with E-state index in [1.165, 1.54) is 18.3 Å². The molecule has 1 spiro atoms. The Labute approximate surface area is 167 Å². The molecule has 1 aliphatic carbocycles. The van der Waals surface area contributed by atoms with Crippen LogP contribution in [-0.2, 0) is 15.9 Å². The minimum atomic E-state index is -0.427. The van der Waals surface area contributed by atoms with Crippen LogP contribution in [0.3, 0.4) is 0 Å². The van der Waals surface area contributed by atoms with Crippen LogP contribution < -0.4 is 4.74 Å². The molecule has 3 aliphatic rings. The second kappa shape index (κ2) is 7.72. The fraction of sp³-hybridized carbons (Fsp3) is 0.600. The number of rotatable bonds is 4. The summed E-state index contributed by atoms with van der Waals surface area (Å²) in [5.74, 6) is 0.152. The molecule has 2 aliphatic heterocycles. The summed E-state index contributed by atoms with van der Waals surface area (Å²) in [6, 6.07) is 3.66. The summed E-state index contributed by atoms with van der Waals surface area (Å²) in [6.45, 7) is 2.19. The molecule has 1 fully saturated rings. The Morgan fingerprint density at radius 3 is 2.78 bits per heavy atom. The summed E-state index contributed by atoms with van der Waals surface area (Å²) in [5.41, 5.74) is 3.80. The lowest BCUT2D eigenvalue weighted by molar-refractivity contribution is -0.165. The first-order chi connectivity index (χ1) is 13.0. The maximum Gasteiger partial charge on any atom is 0.172 e. The number of hydrogen-bond donors (Lipinski definition) is 2. The van der Waals surface area contributed by atoms with E-state index in [4.69, 9.17) is 14.2 Å². The van der Waals surface area contributed by atoms with Gasteiger partial charge in [0.1, 0.15) is 0 Å². The van der Waals surface area contributed by atoms with E-state index in [0.717, 1.165) is 42.3 Å². The minimum absolute atomic E-state index is 0.0271. The van der Waals surface area contributed by atoms with E-state index in [2.05, 4.69) is 20.8 Å². The molecule has 1 saturated heterocycles. The highest BCUT2D eigenvalue weighted by atomic mass is 79.9. The number of phenolic OH excluding ortho intramolecular Hbond substituents is 1. The van der Waals surface area contributed by atoms with Crippen molar-refractivity contribution in [2.24, 2.45) is 0 Å². The molecule has 148 valence electrons. The van der Waals surface area contributed by atoms with Gasteiger partial charge in [-0.05, 0) is 37.0 Å². The summed E-state index contributed by atoms with van der Waals surface area (Å²) in [7, 11) is 1.54. The van der Waals surface area contributed by atoms with Crippen molar-refractivity contribution in [2.75, 3.05) is 33.6 Å². The molecular weight excluding hydrogens is 414 g/mol. The second-order valence-corrected chi connectivity index (χ2v) is 8.31. The number of halogens is 1. The monoisotopic (exact) mass is 439 g/mol.